The first-order valence-electron chi connectivity index (χ1n) is 14.1. The number of fused-ring (bicyclic) bond motifs is 2. The van der Waals surface area contributed by atoms with Gasteiger partial charge < -0.3 is 29.3 Å². The van der Waals surface area contributed by atoms with Gasteiger partial charge in [-0.05, 0) is 36.2 Å². The van der Waals surface area contributed by atoms with E-state index >= 15 is 0 Å². The molecular formula is C32H35N3O6. The van der Waals surface area contributed by atoms with Gasteiger partial charge in [-0.3, -0.25) is 14.4 Å². The third-order valence-corrected chi connectivity index (χ3v) is 8.96. The second kappa shape index (κ2) is 10.5. The van der Waals surface area contributed by atoms with Crippen LogP contribution in [-0.4, -0.2) is 83.2 Å². The number of hydrogen-bond acceptors (Lipinski definition) is 6. The largest absolute Gasteiger partial charge is 0.497 e. The maximum atomic E-state index is 14.4. The smallest absolute Gasteiger partial charge is 0.253 e. The lowest BCUT2D eigenvalue weighted by atomic mass is 9.73. The number of rotatable bonds is 7. The van der Waals surface area contributed by atoms with Crippen LogP contribution in [0.25, 0.3) is 0 Å². The van der Waals surface area contributed by atoms with Crippen molar-refractivity contribution in [1.29, 1.82) is 0 Å². The molecule has 3 amide bonds. The second-order valence-corrected chi connectivity index (χ2v) is 11.0. The van der Waals surface area contributed by atoms with Crippen LogP contribution in [0, 0.1) is 11.8 Å². The van der Waals surface area contributed by atoms with Gasteiger partial charge in [0.2, 0.25) is 11.8 Å². The third-order valence-electron chi connectivity index (χ3n) is 8.96. The lowest BCUT2D eigenvalue weighted by molar-refractivity contribution is -0.150. The van der Waals surface area contributed by atoms with Crippen LogP contribution in [-0.2, 0) is 25.7 Å². The zero-order chi connectivity index (χ0) is 28.8. The molecule has 9 heteroatoms. The number of ether oxygens (including phenoxy) is 2. The number of methoxy groups -OCH3 is 1. The Morgan fingerprint density at radius 2 is 1.66 bits per heavy atom. The molecule has 4 heterocycles. The van der Waals surface area contributed by atoms with E-state index in [-0.39, 0.29) is 37.4 Å². The van der Waals surface area contributed by atoms with Gasteiger partial charge in [-0.15, -0.1) is 0 Å². The lowest BCUT2D eigenvalue weighted by Crippen LogP contribution is -2.56. The second-order valence-electron chi connectivity index (χ2n) is 11.0. The molecule has 0 radical (unpaired) electrons. The maximum absolute atomic E-state index is 14.4. The van der Waals surface area contributed by atoms with Crippen molar-refractivity contribution in [1.82, 2.24) is 9.80 Å². The van der Waals surface area contributed by atoms with Crippen LogP contribution in [0.3, 0.4) is 0 Å². The van der Waals surface area contributed by atoms with Gasteiger partial charge in [0.25, 0.3) is 5.91 Å². The van der Waals surface area contributed by atoms with E-state index in [4.69, 9.17) is 9.47 Å². The number of carbonyl (C=O) groups is 3. The maximum Gasteiger partial charge on any atom is 0.253 e. The summed E-state index contributed by atoms with van der Waals surface area (Å²) in [5.74, 6) is -1.90. The Morgan fingerprint density at radius 3 is 2.34 bits per heavy atom. The SMILES string of the molecule is CC[C@]12C=CCN(Cc3ccccc3)C(=O)[C@H]1[C@H]1C(=O)N(CCO)C3C(=O)N(c4ccc(OC)cc4)CC=C[C@@]31O2. The topological polar surface area (TPSA) is 99.6 Å². The predicted molar refractivity (Wildman–Crippen MR) is 152 cm³/mol. The number of β-amino-alcohol motifs (C(OH)–C–C–N with tert-alkyl or cyclic N) is 1. The number of amides is 3. The monoisotopic (exact) mass is 557 g/mol. The first-order chi connectivity index (χ1) is 19.9. The number of nitrogens with zero attached hydrogens (tertiary/aromatic N) is 3. The van der Waals surface area contributed by atoms with E-state index in [9.17, 15) is 19.5 Å². The molecule has 0 aromatic heterocycles. The predicted octanol–water partition coefficient (Wildman–Crippen LogP) is 2.55. The molecule has 2 fully saturated rings. The first-order valence-corrected chi connectivity index (χ1v) is 14.1. The highest BCUT2D eigenvalue weighted by Gasteiger charge is 2.75. The van der Waals surface area contributed by atoms with Gasteiger partial charge in [0.15, 0.2) is 0 Å². The van der Waals surface area contributed by atoms with Crippen LogP contribution in [0.1, 0.15) is 18.9 Å². The van der Waals surface area contributed by atoms with Crippen LogP contribution in [0.2, 0.25) is 0 Å². The summed E-state index contributed by atoms with van der Waals surface area (Å²) in [6.07, 6.45) is 8.02. The van der Waals surface area contributed by atoms with Crippen molar-refractivity contribution in [3.8, 4) is 5.75 Å². The molecule has 1 unspecified atom stereocenters. The Kier molecular flexibility index (Phi) is 6.95. The van der Waals surface area contributed by atoms with Crippen LogP contribution < -0.4 is 9.64 Å². The molecule has 6 rings (SSSR count). The van der Waals surface area contributed by atoms with Crippen molar-refractivity contribution >= 4 is 23.4 Å². The Bertz CT molecular complexity index is 1390. The van der Waals surface area contributed by atoms with Crippen molar-refractivity contribution in [2.24, 2.45) is 11.8 Å². The standard InChI is InChI=1S/C32H35N3O6/c1-3-31-15-7-17-33(21-22-9-5-4-6-10-22)28(37)25(31)26-29(38)35(19-20-36)27-30(39)34(18-8-16-32(26,27)41-31)23-11-13-24(40-2)14-12-23/h4-16,25-27,36H,3,17-21H2,1-2H3/t25-,26+,27?,31+,32+/m1/s1. The highest BCUT2D eigenvalue weighted by atomic mass is 16.5. The summed E-state index contributed by atoms with van der Waals surface area (Å²) in [5.41, 5.74) is -0.767. The minimum absolute atomic E-state index is 0.0370. The van der Waals surface area contributed by atoms with E-state index in [0.717, 1.165) is 5.56 Å². The van der Waals surface area contributed by atoms with Crippen LogP contribution in [0.5, 0.6) is 5.75 Å². The fourth-order valence-corrected chi connectivity index (χ4v) is 7.10. The van der Waals surface area contributed by atoms with Crippen molar-refractivity contribution in [3.05, 3.63) is 84.5 Å². The Balaban J connectivity index is 1.43. The number of benzene rings is 2. The van der Waals surface area contributed by atoms with E-state index < -0.39 is 29.1 Å². The molecule has 41 heavy (non-hydrogen) atoms. The van der Waals surface area contributed by atoms with Crippen LogP contribution >= 0.6 is 0 Å². The Morgan fingerprint density at radius 1 is 0.927 bits per heavy atom. The molecule has 0 aliphatic carbocycles. The van der Waals surface area contributed by atoms with Gasteiger partial charge in [-0.25, -0.2) is 0 Å². The summed E-state index contributed by atoms with van der Waals surface area (Å²) in [4.78, 5) is 47.9. The molecule has 2 aromatic rings. The van der Waals surface area contributed by atoms with Gasteiger partial charge in [-0.1, -0.05) is 61.6 Å². The van der Waals surface area contributed by atoms with Crippen LogP contribution in [0.15, 0.2) is 78.9 Å². The minimum Gasteiger partial charge on any atom is -0.497 e. The van der Waals surface area contributed by atoms with E-state index in [1.54, 1.807) is 41.2 Å². The molecule has 1 spiro atoms. The zero-order valence-electron chi connectivity index (χ0n) is 23.3. The molecule has 0 bridgehead atoms. The molecule has 2 aromatic carbocycles. The highest BCUT2D eigenvalue weighted by molar-refractivity contribution is 6.06. The molecule has 1 N–H and O–H groups in total. The fraction of sp³-hybridized carbons (Fsp3) is 0.406. The fourth-order valence-electron chi connectivity index (χ4n) is 7.10. The number of likely N-dealkylation sites (tertiary alicyclic amines) is 1. The number of hydrogen-bond donors (Lipinski definition) is 1. The molecule has 4 aliphatic rings. The van der Waals surface area contributed by atoms with Gasteiger partial charge in [0.05, 0.1) is 31.2 Å². The average Bonchev–Trinajstić information content (AvgIpc) is 3.28. The molecule has 4 aliphatic heterocycles. The van der Waals surface area contributed by atoms with Crippen LogP contribution in [0.4, 0.5) is 5.69 Å². The number of aliphatic hydroxyl groups is 1. The van der Waals surface area contributed by atoms with Crippen molar-refractivity contribution in [2.75, 3.05) is 38.3 Å². The lowest BCUT2D eigenvalue weighted by Gasteiger charge is -2.38. The number of carbonyl (C=O) groups excluding carboxylic acids is 3. The third kappa shape index (κ3) is 4.18. The molecule has 5 atom stereocenters. The quantitative estimate of drug-likeness (QED) is 0.526. The van der Waals surface area contributed by atoms with Crippen molar-refractivity contribution < 1.29 is 29.0 Å². The molecule has 0 saturated carbocycles. The molecule has 9 nitrogen and oxygen atoms in total. The summed E-state index contributed by atoms with van der Waals surface area (Å²) < 4.78 is 12.2. The first kappa shape index (κ1) is 27.2. The van der Waals surface area contributed by atoms with E-state index in [1.165, 1.54) is 4.90 Å². The minimum atomic E-state index is -1.36. The summed E-state index contributed by atoms with van der Waals surface area (Å²) in [5, 5.41) is 9.95. The van der Waals surface area contributed by atoms with Gasteiger partial charge >= 0.3 is 0 Å². The number of anilines is 1. The molecular weight excluding hydrogens is 522 g/mol. The van der Waals surface area contributed by atoms with Gasteiger partial charge in [0.1, 0.15) is 17.4 Å². The average molecular weight is 558 g/mol. The van der Waals surface area contributed by atoms with E-state index in [1.807, 2.05) is 61.6 Å². The highest BCUT2D eigenvalue weighted by Crippen LogP contribution is 2.58. The summed E-state index contributed by atoms with van der Waals surface area (Å²) in [7, 11) is 1.58. The normalized spacial score (nSPS) is 30.7. The van der Waals surface area contributed by atoms with Gasteiger partial charge in [-0.2, -0.15) is 0 Å². The summed E-state index contributed by atoms with van der Waals surface area (Å²) in [6, 6.07) is 15.9. The van der Waals surface area contributed by atoms with Crippen molar-refractivity contribution in [2.45, 2.75) is 37.1 Å². The van der Waals surface area contributed by atoms with Crippen molar-refractivity contribution in [3.63, 3.8) is 0 Å². The Labute approximate surface area is 239 Å². The zero-order valence-corrected chi connectivity index (χ0v) is 23.3. The van der Waals surface area contributed by atoms with E-state index in [2.05, 4.69) is 0 Å². The summed E-state index contributed by atoms with van der Waals surface area (Å²) in [6.45, 7) is 2.67. The number of aliphatic hydroxyl groups excluding tert-OH is 1. The molecule has 2 saturated heterocycles. The van der Waals surface area contributed by atoms with E-state index in [0.29, 0.717) is 30.9 Å². The van der Waals surface area contributed by atoms with Gasteiger partial charge in [0, 0.05) is 31.9 Å². The summed E-state index contributed by atoms with van der Waals surface area (Å²) >= 11 is 0. The Hall–Kier alpha value is -3.95. The molecule has 214 valence electrons.